The molecule has 32 heavy (non-hydrogen) atoms. The van der Waals surface area contributed by atoms with E-state index in [1.807, 2.05) is 37.0 Å². The number of nitrogens with zero attached hydrogens (tertiary/aromatic N) is 2. The van der Waals surface area contributed by atoms with Crippen LogP contribution in [0.25, 0.3) is 0 Å². The van der Waals surface area contributed by atoms with Crippen LogP contribution >= 0.6 is 0 Å². The Labute approximate surface area is 185 Å². The summed E-state index contributed by atoms with van der Waals surface area (Å²) in [6, 6.07) is 11.9. The molecule has 0 radical (unpaired) electrons. The number of rotatable bonds is 10. The lowest BCUT2D eigenvalue weighted by atomic mass is 9.96. The summed E-state index contributed by atoms with van der Waals surface area (Å²) in [7, 11) is 4.07. The largest absolute Gasteiger partial charge is 0.550 e. The molecule has 10 nitrogen and oxygen atoms in total. The lowest BCUT2D eigenvalue weighted by molar-refractivity contribution is -0.333. The zero-order valence-corrected chi connectivity index (χ0v) is 18.1. The standard InChI is InChI=1S/C12H12O7.C10H16N2O/c13-9(14)6-12(18,11(16)17)7-10(15)19-8-4-2-1-3-5-8;1-9(11(2)3)7-12-6-4-5-10(12)8-13/h1-5,18H,6-7H2,(H,13,14)(H,16,17);4-6,8-9H,7H2,1-3H3/p-2. The Kier molecular flexibility index (Phi) is 10.3. The van der Waals surface area contributed by atoms with Gasteiger partial charge in [-0.2, -0.15) is 0 Å². The van der Waals surface area contributed by atoms with Crippen LogP contribution in [0.2, 0.25) is 0 Å². The van der Waals surface area contributed by atoms with Gasteiger partial charge in [-0.05, 0) is 45.3 Å². The monoisotopic (exact) mass is 446 g/mol. The van der Waals surface area contributed by atoms with E-state index in [0.717, 1.165) is 18.5 Å². The third-order valence-electron chi connectivity index (χ3n) is 4.56. The third-order valence-corrected chi connectivity index (χ3v) is 4.56. The van der Waals surface area contributed by atoms with Gasteiger partial charge in [0.25, 0.3) is 0 Å². The summed E-state index contributed by atoms with van der Waals surface area (Å²) >= 11 is 0. The Bertz CT molecular complexity index is 910. The van der Waals surface area contributed by atoms with Crippen LogP contribution < -0.4 is 14.9 Å². The zero-order chi connectivity index (χ0) is 24.3. The van der Waals surface area contributed by atoms with Crippen molar-refractivity contribution in [2.75, 3.05) is 14.1 Å². The van der Waals surface area contributed by atoms with E-state index in [1.54, 1.807) is 18.2 Å². The van der Waals surface area contributed by atoms with Crippen LogP contribution in [0.4, 0.5) is 0 Å². The summed E-state index contributed by atoms with van der Waals surface area (Å²) in [5, 5.41) is 30.6. The molecule has 1 aromatic carbocycles. The van der Waals surface area contributed by atoms with Crippen molar-refractivity contribution < 1.29 is 39.2 Å². The average molecular weight is 446 g/mol. The predicted molar refractivity (Wildman–Crippen MR) is 109 cm³/mol. The number of ether oxygens (including phenoxy) is 1. The molecule has 0 saturated carbocycles. The van der Waals surface area contributed by atoms with Crippen LogP contribution in [0.3, 0.4) is 0 Å². The number of carbonyl (C=O) groups excluding carboxylic acids is 4. The first-order chi connectivity index (χ1) is 15.0. The number of aromatic nitrogens is 1. The minimum Gasteiger partial charge on any atom is -0.550 e. The maximum atomic E-state index is 11.4. The van der Waals surface area contributed by atoms with Crippen molar-refractivity contribution in [2.24, 2.45) is 0 Å². The molecule has 0 aliphatic rings. The number of para-hydroxylation sites is 1. The van der Waals surface area contributed by atoms with Crippen LogP contribution in [0.5, 0.6) is 5.75 Å². The van der Waals surface area contributed by atoms with Gasteiger partial charge in [0.1, 0.15) is 11.4 Å². The number of hydrogen-bond acceptors (Lipinski definition) is 9. The molecule has 10 heteroatoms. The maximum absolute atomic E-state index is 11.4. The van der Waals surface area contributed by atoms with Gasteiger partial charge in [-0.25, -0.2) is 0 Å². The molecule has 0 amide bonds. The maximum Gasteiger partial charge on any atom is 0.314 e. The normalized spacial score (nSPS) is 13.3. The van der Waals surface area contributed by atoms with Crippen molar-refractivity contribution in [3.05, 3.63) is 54.4 Å². The molecular formula is C22H26N2O8-2. The van der Waals surface area contributed by atoms with Gasteiger partial charge in [0.05, 0.1) is 18.1 Å². The predicted octanol–water partition coefficient (Wildman–Crippen LogP) is -1.15. The van der Waals surface area contributed by atoms with Crippen molar-refractivity contribution in [1.29, 1.82) is 0 Å². The molecule has 0 saturated heterocycles. The molecule has 1 heterocycles. The molecule has 2 aromatic rings. The highest BCUT2D eigenvalue weighted by Crippen LogP contribution is 2.17. The number of aliphatic carboxylic acids is 2. The van der Waals surface area contributed by atoms with Gasteiger partial charge in [-0.3, -0.25) is 9.59 Å². The summed E-state index contributed by atoms with van der Waals surface area (Å²) in [6.07, 6.45) is 0.504. The highest BCUT2D eigenvalue weighted by atomic mass is 16.5. The molecular weight excluding hydrogens is 420 g/mol. The van der Waals surface area contributed by atoms with Gasteiger partial charge >= 0.3 is 5.97 Å². The highest BCUT2D eigenvalue weighted by molar-refractivity contribution is 5.87. The number of aldehydes is 1. The Morgan fingerprint density at radius 1 is 1.12 bits per heavy atom. The Morgan fingerprint density at radius 3 is 2.25 bits per heavy atom. The van der Waals surface area contributed by atoms with E-state index in [-0.39, 0.29) is 5.75 Å². The fraction of sp³-hybridized carbons (Fsp3) is 0.364. The Hall–Kier alpha value is -3.50. The number of hydrogen-bond donors (Lipinski definition) is 1. The summed E-state index contributed by atoms with van der Waals surface area (Å²) in [6.45, 7) is 2.99. The molecule has 0 aliphatic carbocycles. The first kappa shape index (κ1) is 26.5. The van der Waals surface area contributed by atoms with E-state index in [2.05, 4.69) is 11.8 Å². The second-order valence-corrected chi connectivity index (χ2v) is 7.35. The van der Waals surface area contributed by atoms with Gasteiger partial charge in [0, 0.05) is 31.2 Å². The average Bonchev–Trinajstić information content (AvgIpc) is 3.15. The van der Waals surface area contributed by atoms with Crippen LogP contribution in [-0.2, 0) is 20.9 Å². The van der Waals surface area contributed by atoms with E-state index in [9.17, 15) is 34.5 Å². The zero-order valence-electron chi connectivity index (χ0n) is 18.1. The molecule has 0 bridgehead atoms. The summed E-state index contributed by atoms with van der Waals surface area (Å²) < 4.78 is 6.71. The van der Waals surface area contributed by atoms with Gasteiger partial charge in [-0.1, -0.05) is 18.2 Å². The van der Waals surface area contributed by atoms with Crippen molar-refractivity contribution in [3.8, 4) is 5.75 Å². The second kappa shape index (κ2) is 12.4. The van der Waals surface area contributed by atoms with E-state index in [4.69, 9.17) is 4.74 Å². The number of esters is 1. The van der Waals surface area contributed by atoms with Crippen molar-refractivity contribution in [1.82, 2.24) is 9.47 Å². The summed E-state index contributed by atoms with van der Waals surface area (Å²) in [4.78, 5) is 45.2. The number of benzene rings is 1. The topological polar surface area (TPSA) is 152 Å². The SMILES string of the molecule is CC(Cn1cccc1C=O)N(C)C.O=C([O-])CC(O)(CC(=O)Oc1ccccc1)C(=O)[O-]. The Morgan fingerprint density at radius 2 is 1.75 bits per heavy atom. The van der Waals surface area contributed by atoms with Crippen molar-refractivity contribution in [3.63, 3.8) is 0 Å². The number of carbonyl (C=O) groups is 4. The van der Waals surface area contributed by atoms with Gasteiger partial charge < -0.3 is 39.1 Å². The van der Waals surface area contributed by atoms with Crippen molar-refractivity contribution >= 4 is 24.2 Å². The molecule has 0 spiro atoms. The number of carboxylic acid groups (broad SMARTS) is 2. The quantitative estimate of drug-likeness (QED) is 0.271. The minimum atomic E-state index is -2.86. The van der Waals surface area contributed by atoms with E-state index in [0.29, 0.717) is 6.04 Å². The minimum absolute atomic E-state index is 0.140. The molecule has 2 rings (SSSR count). The molecule has 0 fully saturated rings. The van der Waals surface area contributed by atoms with Crippen LogP contribution in [0, 0.1) is 0 Å². The smallest absolute Gasteiger partial charge is 0.314 e. The lowest BCUT2D eigenvalue weighted by Gasteiger charge is -2.28. The molecule has 2 atom stereocenters. The van der Waals surface area contributed by atoms with Crippen LogP contribution in [-0.4, -0.2) is 64.5 Å². The molecule has 0 aliphatic heterocycles. The van der Waals surface area contributed by atoms with E-state index in [1.165, 1.54) is 12.1 Å². The molecule has 174 valence electrons. The van der Waals surface area contributed by atoms with E-state index >= 15 is 0 Å². The first-order valence-corrected chi connectivity index (χ1v) is 9.64. The summed E-state index contributed by atoms with van der Waals surface area (Å²) in [5.74, 6) is -4.86. The highest BCUT2D eigenvalue weighted by Gasteiger charge is 2.33. The molecule has 1 N–H and O–H groups in total. The van der Waals surface area contributed by atoms with Gasteiger partial charge in [0.15, 0.2) is 6.29 Å². The molecule has 2 unspecified atom stereocenters. The second-order valence-electron chi connectivity index (χ2n) is 7.35. The van der Waals surface area contributed by atoms with Crippen LogP contribution in [0.15, 0.2) is 48.7 Å². The Balaban J connectivity index is 0.000000343. The number of aliphatic hydroxyl groups is 1. The van der Waals surface area contributed by atoms with Gasteiger partial charge in [0.2, 0.25) is 0 Å². The fourth-order valence-electron chi connectivity index (χ4n) is 2.49. The van der Waals surface area contributed by atoms with Gasteiger partial charge in [-0.15, -0.1) is 0 Å². The summed E-state index contributed by atoms with van der Waals surface area (Å²) in [5.41, 5.74) is -2.11. The number of likely N-dealkylation sites (N-methyl/N-ethyl adjacent to an activating group) is 1. The van der Waals surface area contributed by atoms with Crippen molar-refractivity contribution in [2.45, 2.75) is 38.0 Å². The first-order valence-electron chi connectivity index (χ1n) is 9.64. The van der Waals surface area contributed by atoms with E-state index < -0.39 is 36.4 Å². The number of carboxylic acids is 2. The lowest BCUT2D eigenvalue weighted by Crippen LogP contribution is -2.53. The van der Waals surface area contributed by atoms with Crippen LogP contribution in [0.1, 0.15) is 30.3 Å². The molecule has 1 aromatic heterocycles. The fourth-order valence-corrected chi connectivity index (χ4v) is 2.49. The third kappa shape index (κ3) is 8.70.